The van der Waals surface area contributed by atoms with Gasteiger partial charge in [0.15, 0.2) is 0 Å². The van der Waals surface area contributed by atoms with Crippen LogP contribution in [-0.2, 0) is 11.3 Å². The molecule has 1 aromatic carbocycles. The van der Waals surface area contributed by atoms with E-state index in [1.54, 1.807) is 35.5 Å². The fraction of sp³-hybridized carbons (Fsp3) is 0.333. The van der Waals surface area contributed by atoms with Gasteiger partial charge in [-0.1, -0.05) is 23.7 Å². The Kier molecular flexibility index (Phi) is 5.11. The van der Waals surface area contributed by atoms with Crippen molar-refractivity contribution in [1.29, 1.82) is 0 Å². The molecular formula is C18H18ClFN2O2. The van der Waals surface area contributed by atoms with E-state index in [0.717, 1.165) is 5.56 Å². The van der Waals surface area contributed by atoms with Gasteiger partial charge in [-0.15, -0.1) is 0 Å². The zero-order chi connectivity index (χ0) is 17.1. The molecule has 1 amide bonds. The number of carbonyl (C=O) groups is 1. The quantitative estimate of drug-likeness (QED) is 0.873. The van der Waals surface area contributed by atoms with E-state index in [4.69, 9.17) is 11.6 Å². The highest BCUT2D eigenvalue weighted by Crippen LogP contribution is 2.51. The van der Waals surface area contributed by atoms with Gasteiger partial charge in [-0.25, -0.2) is 4.39 Å². The van der Waals surface area contributed by atoms with Crippen LogP contribution < -0.4 is 0 Å². The molecule has 2 unspecified atom stereocenters. The van der Waals surface area contributed by atoms with E-state index < -0.39 is 0 Å². The Morgan fingerprint density at radius 1 is 1.38 bits per heavy atom. The molecule has 1 N–H and O–H groups in total. The second-order valence-corrected chi connectivity index (χ2v) is 6.34. The summed E-state index contributed by atoms with van der Waals surface area (Å²) in [6, 6.07) is 8.24. The predicted octanol–water partition coefficient (Wildman–Crippen LogP) is 3.00. The lowest BCUT2D eigenvalue weighted by atomic mass is 10.1. The fourth-order valence-corrected chi connectivity index (χ4v) is 3.29. The number of halogens is 2. The molecule has 2 aromatic rings. The van der Waals surface area contributed by atoms with Crippen LogP contribution in [0, 0.1) is 11.7 Å². The van der Waals surface area contributed by atoms with E-state index in [0.29, 0.717) is 23.6 Å². The first-order valence-corrected chi connectivity index (χ1v) is 8.22. The molecule has 0 aliphatic heterocycles. The number of aliphatic hydroxyl groups excluding tert-OH is 1. The van der Waals surface area contributed by atoms with Gasteiger partial charge in [0.2, 0.25) is 5.91 Å². The SMILES string of the molecule is O=C(C1CC1c1c(F)cccc1Cl)N(CCO)Cc1cccnc1. The van der Waals surface area contributed by atoms with Gasteiger partial charge in [0, 0.05) is 47.9 Å². The van der Waals surface area contributed by atoms with Crippen molar-refractivity contribution in [2.45, 2.75) is 18.9 Å². The smallest absolute Gasteiger partial charge is 0.226 e. The second kappa shape index (κ2) is 7.28. The predicted molar refractivity (Wildman–Crippen MR) is 89.0 cm³/mol. The molecule has 1 aliphatic rings. The van der Waals surface area contributed by atoms with Crippen molar-refractivity contribution in [2.24, 2.45) is 5.92 Å². The van der Waals surface area contributed by atoms with E-state index in [1.165, 1.54) is 6.07 Å². The van der Waals surface area contributed by atoms with Crippen LogP contribution in [-0.4, -0.2) is 34.0 Å². The van der Waals surface area contributed by atoms with E-state index >= 15 is 0 Å². The number of benzene rings is 1. The molecule has 1 saturated carbocycles. The molecular weight excluding hydrogens is 331 g/mol. The van der Waals surface area contributed by atoms with Crippen LogP contribution in [0.15, 0.2) is 42.7 Å². The van der Waals surface area contributed by atoms with Gasteiger partial charge in [-0.2, -0.15) is 0 Å². The summed E-state index contributed by atoms with van der Waals surface area (Å²) in [6.45, 7) is 0.493. The van der Waals surface area contributed by atoms with Crippen LogP contribution in [0.3, 0.4) is 0 Å². The maximum absolute atomic E-state index is 14.0. The Labute approximate surface area is 144 Å². The highest BCUT2D eigenvalue weighted by Gasteiger charge is 2.47. The molecule has 6 heteroatoms. The fourth-order valence-electron chi connectivity index (χ4n) is 2.99. The van der Waals surface area contributed by atoms with Gasteiger partial charge in [0.05, 0.1) is 6.61 Å². The molecule has 0 saturated heterocycles. The highest BCUT2D eigenvalue weighted by molar-refractivity contribution is 6.31. The van der Waals surface area contributed by atoms with Crippen LogP contribution in [0.1, 0.15) is 23.5 Å². The van der Waals surface area contributed by atoms with E-state index in [9.17, 15) is 14.3 Å². The van der Waals surface area contributed by atoms with Gasteiger partial charge in [0.25, 0.3) is 0 Å². The summed E-state index contributed by atoms with van der Waals surface area (Å²) >= 11 is 6.09. The summed E-state index contributed by atoms with van der Waals surface area (Å²) < 4.78 is 14.0. The summed E-state index contributed by atoms with van der Waals surface area (Å²) in [5.41, 5.74) is 1.31. The largest absolute Gasteiger partial charge is 0.395 e. The third-order valence-electron chi connectivity index (χ3n) is 4.26. The van der Waals surface area contributed by atoms with E-state index in [1.807, 2.05) is 6.07 Å². The number of pyridine rings is 1. The van der Waals surface area contributed by atoms with Crippen LogP contribution in [0.5, 0.6) is 0 Å². The average molecular weight is 349 g/mol. The number of nitrogens with zero attached hydrogens (tertiary/aromatic N) is 2. The first-order valence-electron chi connectivity index (χ1n) is 7.84. The number of hydrogen-bond acceptors (Lipinski definition) is 3. The topological polar surface area (TPSA) is 53.4 Å². The summed E-state index contributed by atoms with van der Waals surface area (Å²) in [6.07, 6.45) is 3.93. The minimum Gasteiger partial charge on any atom is -0.395 e. The summed E-state index contributed by atoms with van der Waals surface area (Å²) in [4.78, 5) is 18.4. The number of aliphatic hydroxyl groups is 1. The average Bonchev–Trinajstić information content (AvgIpc) is 3.35. The van der Waals surface area contributed by atoms with Gasteiger partial charge in [0.1, 0.15) is 5.82 Å². The number of aromatic nitrogens is 1. The number of rotatable bonds is 6. The van der Waals surface area contributed by atoms with Gasteiger partial charge >= 0.3 is 0 Å². The Bertz CT molecular complexity index is 706. The summed E-state index contributed by atoms with van der Waals surface area (Å²) in [7, 11) is 0. The molecule has 1 aliphatic carbocycles. The van der Waals surface area contributed by atoms with Crippen LogP contribution in [0.2, 0.25) is 5.02 Å². The van der Waals surface area contributed by atoms with Crippen molar-refractivity contribution < 1.29 is 14.3 Å². The van der Waals surface area contributed by atoms with Crippen molar-refractivity contribution in [3.8, 4) is 0 Å². The number of amides is 1. The standard InChI is InChI=1S/C18H18ClFN2O2/c19-15-4-1-5-16(20)17(15)13-9-14(13)18(24)22(7-8-23)11-12-3-2-6-21-10-12/h1-6,10,13-14,23H,7-9,11H2. The first kappa shape index (κ1) is 16.9. The first-order chi connectivity index (χ1) is 11.6. The van der Waals surface area contributed by atoms with Crippen LogP contribution in [0.25, 0.3) is 0 Å². The third kappa shape index (κ3) is 3.57. The lowest BCUT2D eigenvalue weighted by Crippen LogP contribution is -2.34. The second-order valence-electron chi connectivity index (χ2n) is 5.93. The zero-order valence-corrected chi connectivity index (χ0v) is 13.8. The Morgan fingerprint density at radius 3 is 2.88 bits per heavy atom. The van der Waals surface area contributed by atoms with Crippen LogP contribution in [0.4, 0.5) is 4.39 Å². The number of hydrogen-bond donors (Lipinski definition) is 1. The lowest BCUT2D eigenvalue weighted by Gasteiger charge is -2.22. The van der Waals surface area contributed by atoms with Crippen molar-refractivity contribution >= 4 is 17.5 Å². The Morgan fingerprint density at radius 2 is 2.21 bits per heavy atom. The minimum absolute atomic E-state index is 0.0859. The number of carbonyl (C=O) groups excluding carboxylic acids is 1. The Balaban J connectivity index is 1.73. The lowest BCUT2D eigenvalue weighted by molar-refractivity contribution is -0.133. The van der Waals surface area contributed by atoms with Gasteiger partial charge < -0.3 is 10.0 Å². The summed E-state index contributed by atoms with van der Waals surface area (Å²) in [5.74, 6) is -0.940. The van der Waals surface area contributed by atoms with Gasteiger partial charge in [-0.05, 0) is 30.2 Å². The molecule has 3 rings (SSSR count). The van der Waals surface area contributed by atoms with Crippen molar-refractivity contribution in [3.05, 3.63) is 64.7 Å². The normalized spacial score (nSPS) is 19.1. The molecule has 1 aromatic heterocycles. The minimum atomic E-state index is -0.372. The molecule has 1 fully saturated rings. The Hall–Kier alpha value is -1.98. The maximum atomic E-state index is 14.0. The monoisotopic (exact) mass is 348 g/mol. The molecule has 0 radical (unpaired) electrons. The van der Waals surface area contributed by atoms with E-state index in [2.05, 4.69) is 4.98 Å². The molecule has 4 nitrogen and oxygen atoms in total. The highest BCUT2D eigenvalue weighted by atomic mass is 35.5. The summed E-state index contributed by atoms with van der Waals surface area (Å²) in [5, 5.41) is 9.60. The van der Waals surface area contributed by atoms with Crippen molar-refractivity contribution in [2.75, 3.05) is 13.2 Å². The van der Waals surface area contributed by atoms with Gasteiger partial charge in [-0.3, -0.25) is 9.78 Å². The molecule has 1 heterocycles. The van der Waals surface area contributed by atoms with Crippen molar-refractivity contribution in [1.82, 2.24) is 9.88 Å². The third-order valence-corrected chi connectivity index (χ3v) is 4.59. The van der Waals surface area contributed by atoms with Crippen molar-refractivity contribution in [3.63, 3.8) is 0 Å². The van der Waals surface area contributed by atoms with E-state index in [-0.39, 0.29) is 36.7 Å². The van der Waals surface area contributed by atoms with Crippen LogP contribution >= 0.6 is 11.6 Å². The maximum Gasteiger partial charge on any atom is 0.226 e. The molecule has 126 valence electrons. The zero-order valence-electron chi connectivity index (χ0n) is 13.0. The molecule has 0 bridgehead atoms. The molecule has 2 atom stereocenters. The molecule has 24 heavy (non-hydrogen) atoms. The molecule has 0 spiro atoms.